The minimum absolute atomic E-state index is 0.0472. The zero-order chi connectivity index (χ0) is 16.3. The number of nitrogens with zero attached hydrogens (tertiary/aromatic N) is 1. The summed E-state index contributed by atoms with van der Waals surface area (Å²) in [6.45, 7) is -0.331. The number of hydrogen-bond donors (Lipinski definition) is 1. The molecule has 1 aliphatic rings. The molecule has 0 bridgehead atoms. The third kappa shape index (κ3) is 5.78. The van der Waals surface area contributed by atoms with Crippen LogP contribution in [0.25, 0.3) is 0 Å². The van der Waals surface area contributed by atoms with E-state index in [4.69, 9.17) is 0 Å². The number of alkyl halides is 6. The van der Waals surface area contributed by atoms with Crippen LogP contribution < -0.4 is 5.32 Å². The van der Waals surface area contributed by atoms with Crippen molar-refractivity contribution in [3.63, 3.8) is 0 Å². The molecule has 1 aliphatic heterocycles. The van der Waals surface area contributed by atoms with Gasteiger partial charge >= 0.3 is 24.2 Å². The van der Waals surface area contributed by atoms with Gasteiger partial charge in [-0.3, -0.25) is 4.79 Å². The van der Waals surface area contributed by atoms with Crippen molar-refractivity contribution in [2.45, 2.75) is 25.2 Å². The Morgan fingerprint density at radius 2 is 1.57 bits per heavy atom. The summed E-state index contributed by atoms with van der Waals surface area (Å²) < 4.78 is 71.6. The Hall–Kier alpha value is -1.52. The summed E-state index contributed by atoms with van der Waals surface area (Å²) >= 11 is 0. The number of carbonyl (C=O) groups excluding carboxylic acids is 2. The highest BCUT2D eigenvalue weighted by atomic mass is 19.4. The quantitative estimate of drug-likeness (QED) is 0.798. The van der Waals surface area contributed by atoms with Gasteiger partial charge in [0.1, 0.15) is 0 Å². The van der Waals surface area contributed by atoms with Crippen LogP contribution in [0.2, 0.25) is 0 Å². The summed E-state index contributed by atoms with van der Waals surface area (Å²) in [4.78, 5) is 25.2. The molecular formula is C10H12F6N2O3. The molecule has 0 aromatic heterocycles. The Morgan fingerprint density at radius 3 is 2.00 bits per heavy atom. The van der Waals surface area contributed by atoms with E-state index >= 15 is 0 Å². The molecule has 5 nitrogen and oxygen atoms in total. The maximum absolute atomic E-state index is 11.9. The topological polar surface area (TPSA) is 58.6 Å². The van der Waals surface area contributed by atoms with E-state index in [2.05, 4.69) is 4.84 Å². The van der Waals surface area contributed by atoms with Gasteiger partial charge in [0, 0.05) is 19.6 Å². The molecule has 1 N–H and O–H groups in total. The average Bonchev–Trinajstić information content (AvgIpc) is 2.35. The number of piperidine rings is 1. The van der Waals surface area contributed by atoms with Crippen LogP contribution in [0.5, 0.6) is 0 Å². The predicted octanol–water partition coefficient (Wildman–Crippen LogP) is 1.40. The molecule has 0 atom stereocenters. The Balaban J connectivity index is 2.30. The van der Waals surface area contributed by atoms with E-state index in [0.717, 1.165) is 5.06 Å². The van der Waals surface area contributed by atoms with Crippen molar-refractivity contribution in [1.82, 2.24) is 10.4 Å². The van der Waals surface area contributed by atoms with Crippen LogP contribution >= 0.6 is 0 Å². The number of amides is 1. The van der Waals surface area contributed by atoms with Crippen LogP contribution in [0.1, 0.15) is 12.8 Å². The molecule has 21 heavy (non-hydrogen) atoms. The number of nitrogens with one attached hydrogen (secondary N) is 1. The number of hydrogen-bond acceptors (Lipinski definition) is 4. The Labute approximate surface area is 115 Å². The SMILES string of the molecule is O=C(NCC1CCN(OC(=O)C(F)(F)F)CC1)C(F)(F)F. The molecule has 122 valence electrons. The van der Waals surface area contributed by atoms with Crippen molar-refractivity contribution in [2.75, 3.05) is 19.6 Å². The molecule has 0 unspecified atom stereocenters. The highest BCUT2D eigenvalue weighted by Gasteiger charge is 2.43. The smallest absolute Gasteiger partial charge is 0.361 e. The first kappa shape index (κ1) is 17.5. The number of hydroxylamine groups is 2. The Morgan fingerprint density at radius 1 is 1.05 bits per heavy atom. The van der Waals surface area contributed by atoms with Gasteiger partial charge in [-0.25, -0.2) is 4.79 Å². The standard InChI is InChI=1S/C10H12F6N2O3/c11-9(12,13)7(19)17-5-6-1-3-18(4-2-6)21-8(20)10(14,15)16/h6H,1-5H2,(H,17,19). The van der Waals surface area contributed by atoms with Gasteiger partial charge in [-0.2, -0.15) is 26.3 Å². The zero-order valence-corrected chi connectivity index (χ0v) is 10.6. The lowest BCUT2D eigenvalue weighted by atomic mass is 9.98. The summed E-state index contributed by atoms with van der Waals surface area (Å²) in [5, 5.41) is 2.51. The van der Waals surface area contributed by atoms with Gasteiger partial charge in [0.2, 0.25) is 0 Å². The van der Waals surface area contributed by atoms with Gasteiger partial charge in [-0.1, -0.05) is 0 Å². The number of halogens is 6. The molecule has 1 heterocycles. The molecule has 1 amide bonds. The lowest BCUT2D eigenvalue weighted by Crippen LogP contribution is -2.44. The van der Waals surface area contributed by atoms with Crippen molar-refractivity contribution in [2.24, 2.45) is 5.92 Å². The van der Waals surface area contributed by atoms with E-state index < -0.39 is 24.2 Å². The van der Waals surface area contributed by atoms with Gasteiger partial charge in [-0.15, -0.1) is 5.06 Å². The fourth-order valence-electron chi connectivity index (χ4n) is 1.71. The molecule has 0 aliphatic carbocycles. The lowest BCUT2D eigenvalue weighted by molar-refractivity contribution is -0.242. The predicted molar refractivity (Wildman–Crippen MR) is 55.5 cm³/mol. The van der Waals surface area contributed by atoms with E-state index in [9.17, 15) is 35.9 Å². The maximum Gasteiger partial charge on any atom is 0.492 e. The van der Waals surface area contributed by atoms with Crippen LogP contribution in [0, 0.1) is 5.92 Å². The molecule has 1 fully saturated rings. The van der Waals surface area contributed by atoms with Crippen LogP contribution in [0.4, 0.5) is 26.3 Å². The summed E-state index contributed by atoms with van der Waals surface area (Å²) in [7, 11) is 0. The minimum atomic E-state index is -5.10. The van der Waals surface area contributed by atoms with Crippen LogP contribution in [-0.2, 0) is 14.4 Å². The van der Waals surface area contributed by atoms with Crippen molar-refractivity contribution < 1.29 is 40.8 Å². The maximum atomic E-state index is 11.9. The molecule has 0 saturated carbocycles. The van der Waals surface area contributed by atoms with Gasteiger partial charge in [0.05, 0.1) is 0 Å². The molecule has 0 aromatic carbocycles. The summed E-state index contributed by atoms with van der Waals surface area (Å²) in [6.07, 6.45) is -9.67. The molecule has 1 saturated heterocycles. The summed E-state index contributed by atoms with van der Waals surface area (Å²) in [6, 6.07) is 0. The monoisotopic (exact) mass is 322 g/mol. The van der Waals surface area contributed by atoms with Gasteiger partial charge in [-0.05, 0) is 18.8 Å². The number of carbonyl (C=O) groups is 2. The lowest BCUT2D eigenvalue weighted by Gasteiger charge is -2.30. The molecule has 0 aromatic rings. The highest BCUT2D eigenvalue weighted by Crippen LogP contribution is 2.21. The number of rotatable bonds is 3. The molecule has 0 radical (unpaired) electrons. The first-order valence-electron chi connectivity index (χ1n) is 5.89. The Bertz CT molecular complexity index is 387. The second-order valence-corrected chi connectivity index (χ2v) is 4.46. The van der Waals surface area contributed by atoms with Gasteiger partial charge < -0.3 is 10.2 Å². The molecule has 0 spiro atoms. The van der Waals surface area contributed by atoms with Crippen LogP contribution in [-0.4, -0.2) is 48.9 Å². The molecular weight excluding hydrogens is 310 g/mol. The first-order chi connectivity index (χ1) is 9.50. The molecule has 11 heteroatoms. The first-order valence-corrected chi connectivity index (χ1v) is 5.89. The van der Waals surface area contributed by atoms with Crippen LogP contribution in [0.15, 0.2) is 0 Å². The average molecular weight is 322 g/mol. The molecule has 1 rings (SSSR count). The normalized spacial score (nSPS) is 18.4. The van der Waals surface area contributed by atoms with E-state index in [1.807, 2.05) is 0 Å². The summed E-state index contributed by atoms with van der Waals surface area (Å²) in [5.74, 6) is -4.73. The van der Waals surface area contributed by atoms with Crippen molar-refractivity contribution in [3.05, 3.63) is 0 Å². The second-order valence-electron chi connectivity index (χ2n) is 4.46. The third-order valence-corrected chi connectivity index (χ3v) is 2.83. The van der Waals surface area contributed by atoms with E-state index in [-0.39, 0.29) is 38.4 Å². The van der Waals surface area contributed by atoms with E-state index in [1.165, 1.54) is 0 Å². The van der Waals surface area contributed by atoms with E-state index in [1.54, 1.807) is 5.32 Å². The van der Waals surface area contributed by atoms with Crippen molar-refractivity contribution in [1.29, 1.82) is 0 Å². The fourth-order valence-corrected chi connectivity index (χ4v) is 1.71. The van der Waals surface area contributed by atoms with Crippen LogP contribution in [0.3, 0.4) is 0 Å². The van der Waals surface area contributed by atoms with Crippen molar-refractivity contribution >= 4 is 11.9 Å². The minimum Gasteiger partial charge on any atom is -0.361 e. The second kappa shape index (κ2) is 6.50. The third-order valence-electron chi connectivity index (χ3n) is 2.83. The highest BCUT2D eigenvalue weighted by molar-refractivity contribution is 5.81. The van der Waals surface area contributed by atoms with Crippen molar-refractivity contribution in [3.8, 4) is 0 Å². The zero-order valence-electron chi connectivity index (χ0n) is 10.6. The fraction of sp³-hybridized carbons (Fsp3) is 0.800. The van der Waals surface area contributed by atoms with Gasteiger partial charge in [0.25, 0.3) is 0 Å². The van der Waals surface area contributed by atoms with E-state index in [0.29, 0.717) is 0 Å². The summed E-state index contributed by atoms with van der Waals surface area (Å²) in [5.41, 5.74) is 0. The van der Waals surface area contributed by atoms with Gasteiger partial charge in [0.15, 0.2) is 0 Å². The Kier molecular flexibility index (Phi) is 5.42. The largest absolute Gasteiger partial charge is 0.492 e.